The number of anilines is 1. The Bertz CT molecular complexity index is 769. The number of nitrogens with zero attached hydrogens (tertiary/aromatic N) is 1. The molecule has 1 N–H and O–H groups in total. The standard InChI is InChI=1S/C12H11BrN2O3S2/c1-7-5-9(3-4-10(7)13)20(17,18)15-12-14-11(6-19-12)8(2)16/h3-6H,1-2H3,(H,14,15). The van der Waals surface area contributed by atoms with Crippen molar-refractivity contribution in [3.63, 3.8) is 0 Å². The maximum atomic E-state index is 12.2. The van der Waals surface area contributed by atoms with E-state index in [2.05, 4.69) is 25.6 Å². The number of rotatable bonds is 4. The Hall–Kier alpha value is -1.25. The van der Waals surface area contributed by atoms with Crippen LogP contribution in [0, 0.1) is 6.92 Å². The molecule has 0 bridgehead atoms. The summed E-state index contributed by atoms with van der Waals surface area (Å²) in [6, 6.07) is 4.73. The Balaban J connectivity index is 2.30. The SMILES string of the molecule is CC(=O)c1csc(NS(=O)(=O)c2ccc(Br)c(C)c2)n1. The highest BCUT2D eigenvalue weighted by molar-refractivity contribution is 9.10. The van der Waals surface area contributed by atoms with Gasteiger partial charge in [-0.2, -0.15) is 0 Å². The molecule has 0 saturated carbocycles. The highest BCUT2D eigenvalue weighted by Crippen LogP contribution is 2.23. The van der Waals surface area contributed by atoms with Crippen LogP contribution in [0.2, 0.25) is 0 Å². The Morgan fingerprint density at radius 3 is 2.65 bits per heavy atom. The van der Waals surface area contributed by atoms with Crippen LogP contribution in [0.3, 0.4) is 0 Å². The fourth-order valence-corrected chi connectivity index (χ4v) is 3.77. The molecule has 0 aliphatic heterocycles. The third-order valence-electron chi connectivity index (χ3n) is 2.53. The quantitative estimate of drug-likeness (QED) is 0.833. The molecular formula is C12H11BrN2O3S2. The van der Waals surface area contributed by atoms with E-state index in [4.69, 9.17) is 0 Å². The number of thiazole rings is 1. The molecular weight excluding hydrogens is 364 g/mol. The van der Waals surface area contributed by atoms with Crippen molar-refractivity contribution in [2.75, 3.05) is 4.72 Å². The van der Waals surface area contributed by atoms with Crippen LogP contribution in [-0.2, 0) is 10.0 Å². The van der Waals surface area contributed by atoms with E-state index in [9.17, 15) is 13.2 Å². The summed E-state index contributed by atoms with van der Waals surface area (Å²) in [6.07, 6.45) is 0. The minimum atomic E-state index is -3.70. The van der Waals surface area contributed by atoms with Crippen LogP contribution in [0.15, 0.2) is 32.9 Å². The lowest BCUT2D eigenvalue weighted by Gasteiger charge is -2.06. The second kappa shape index (κ2) is 5.63. The van der Waals surface area contributed by atoms with Crippen LogP contribution in [-0.4, -0.2) is 19.2 Å². The summed E-state index contributed by atoms with van der Waals surface area (Å²) in [5.74, 6) is -0.203. The molecule has 20 heavy (non-hydrogen) atoms. The summed E-state index contributed by atoms with van der Waals surface area (Å²) in [4.78, 5) is 15.2. The molecule has 0 amide bonds. The molecule has 106 valence electrons. The molecule has 0 unspecified atom stereocenters. The third kappa shape index (κ3) is 3.25. The molecule has 0 atom stereocenters. The number of benzene rings is 1. The van der Waals surface area contributed by atoms with Gasteiger partial charge in [0, 0.05) is 16.8 Å². The van der Waals surface area contributed by atoms with Crippen LogP contribution < -0.4 is 4.72 Å². The van der Waals surface area contributed by atoms with Gasteiger partial charge in [0.25, 0.3) is 10.0 Å². The molecule has 0 aliphatic rings. The van der Waals surface area contributed by atoms with Gasteiger partial charge in [0.1, 0.15) is 5.69 Å². The molecule has 0 aliphatic carbocycles. The lowest BCUT2D eigenvalue weighted by atomic mass is 10.2. The first-order valence-corrected chi connectivity index (χ1v) is 8.70. The van der Waals surface area contributed by atoms with Gasteiger partial charge in [-0.25, -0.2) is 13.4 Å². The van der Waals surface area contributed by atoms with Gasteiger partial charge in [-0.15, -0.1) is 11.3 Å². The van der Waals surface area contributed by atoms with Crippen LogP contribution in [0.25, 0.3) is 0 Å². The summed E-state index contributed by atoms with van der Waals surface area (Å²) in [6.45, 7) is 3.19. The smallest absolute Gasteiger partial charge is 0.263 e. The largest absolute Gasteiger partial charge is 0.293 e. The topological polar surface area (TPSA) is 76.1 Å². The van der Waals surface area contributed by atoms with Crippen molar-refractivity contribution in [1.82, 2.24) is 4.98 Å². The van der Waals surface area contributed by atoms with E-state index >= 15 is 0 Å². The molecule has 0 saturated heterocycles. The van der Waals surface area contributed by atoms with Gasteiger partial charge in [-0.3, -0.25) is 9.52 Å². The number of halogens is 1. The second-order valence-electron chi connectivity index (χ2n) is 4.11. The lowest BCUT2D eigenvalue weighted by molar-refractivity contribution is 0.101. The molecule has 0 spiro atoms. The van der Waals surface area contributed by atoms with E-state index in [-0.39, 0.29) is 21.5 Å². The molecule has 1 heterocycles. The van der Waals surface area contributed by atoms with Crippen LogP contribution in [0.4, 0.5) is 5.13 Å². The van der Waals surface area contributed by atoms with Gasteiger partial charge in [0.15, 0.2) is 10.9 Å². The Kier molecular flexibility index (Phi) is 4.26. The van der Waals surface area contributed by atoms with Crippen LogP contribution in [0.1, 0.15) is 23.0 Å². The van der Waals surface area contributed by atoms with Crippen molar-refractivity contribution in [1.29, 1.82) is 0 Å². The number of nitrogens with one attached hydrogen (secondary N) is 1. The van der Waals surface area contributed by atoms with Gasteiger partial charge in [0.05, 0.1) is 4.90 Å². The molecule has 2 rings (SSSR count). The minimum Gasteiger partial charge on any atom is -0.293 e. The summed E-state index contributed by atoms with van der Waals surface area (Å²) >= 11 is 4.39. The fraction of sp³-hybridized carbons (Fsp3) is 0.167. The summed E-state index contributed by atoms with van der Waals surface area (Å²) in [5.41, 5.74) is 1.07. The Morgan fingerprint density at radius 1 is 1.40 bits per heavy atom. The van der Waals surface area contributed by atoms with Crippen molar-refractivity contribution in [2.24, 2.45) is 0 Å². The number of aryl methyl sites for hydroxylation is 1. The summed E-state index contributed by atoms with van der Waals surface area (Å²) in [7, 11) is -3.70. The monoisotopic (exact) mass is 374 g/mol. The van der Waals surface area contributed by atoms with E-state index in [1.54, 1.807) is 19.1 Å². The average Bonchev–Trinajstić information content (AvgIpc) is 2.80. The number of hydrogen-bond donors (Lipinski definition) is 1. The van der Waals surface area contributed by atoms with Crippen molar-refractivity contribution >= 4 is 48.2 Å². The number of hydrogen-bond acceptors (Lipinski definition) is 5. The predicted octanol–water partition coefficient (Wildman–Crippen LogP) is 3.22. The number of carbonyl (C=O) groups is 1. The predicted molar refractivity (Wildman–Crippen MR) is 81.8 cm³/mol. The Labute approximate surface area is 129 Å². The summed E-state index contributed by atoms with van der Waals surface area (Å²) in [5, 5.41) is 1.70. The molecule has 5 nitrogen and oxygen atoms in total. The Morgan fingerprint density at radius 2 is 2.10 bits per heavy atom. The number of ketones is 1. The molecule has 0 radical (unpaired) electrons. The highest BCUT2D eigenvalue weighted by Gasteiger charge is 2.17. The molecule has 0 fully saturated rings. The number of carbonyl (C=O) groups excluding carboxylic acids is 1. The number of sulfonamides is 1. The molecule has 1 aromatic carbocycles. The van der Waals surface area contributed by atoms with Crippen molar-refractivity contribution in [3.8, 4) is 0 Å². The number of Topliss-reactive ketones (excluding diaryl/α,β-unsaturated/α-hetero) is 1. The van der Waals surface area contributed by atoms with Crippen molar-refractivity contribution in [2.45, 2.75) is 18.7 Å². The first-order chi connectivity index (χ1) is 9.29. The van der Waals surface area contributed by atoms with Gasteiger partial charge in [0.2, 0.25) is 0 Å². The first kappa shape index (κ1) is 15.1. The van der Waals surface area contributed by atoms with E-state index in [1.807, 2.05) is 0 Å². The average molecular weight is 375 g/mol. The van der Waals surface area contributed by atoms with Crippen molar-refractivity contribution in [3.05, 3.63) is 39.3 Å². The third-order valence-corrected chi connectivity index (χ3v) is 5.64. The second-order valence-corrected chi connectivity index (χ2v) is 7.51. The number of aromatic nitrogens is 1. The zero-order chi connectivity index (χ0) is 14.9. The summed E-state index contributed by atoms with van der Waals surface area (Å²) < 4.78 is 27.6. The van der Waals surface area contributed by atoms with Gasteiger partial charge >= 0.3 is 0 Å². The minimum absolute atomic E-state index is 0.151. The lowest BCUT2D eigenvalue weighted by Crippen LogP contribution is -2.13. The maximum absolute atomic E-state index is 12.2. The first-order valence-electron chi connectivity index (χ1n) is 5.55. The molecule has 2 aromatic rings. The van der Waals surface area contributed by atoms with Crippen LogP contribution >= 0.6 is 27.3 Å². The molecule has 1 aromatic heterocycles. The zero-order valence-corrected chi connectivity index (χ0v) is 13.9. The van der Waals surface area contributed by atoms with E-state index in [1.165, 1.54) is 18.4 Å². The van der Waals surface area contributed by atoms with E-state index in [0.29, 0.717) is 0 Å². The van der Waals surface area contributed by atoms with Gasteiger partial charge in [-0.1, -0.05) is 15.9 Å². The van der Waals surface area contributed by atoms with Crippen LogP contribution in [0.5, 0.6) is 0 Å². The normalized spacial score (nSPS) is 11.3. The van der Waals surface area contributed by atoms with E-state index in [0.717, 1.165) is 21.4 Å². The maximum Gasteiger partial charge on any atom is 0.263 e. The highest BCUT2D eigenvalue weighted by atomic mass is 79.9. The fourth-order valence-electron chi connectivity index (χ4n) is 1.44. The van der Waals surface area contributed by atoms with Gasteiger partial charge < -0.3 is 0 Å². The van der Waals surface area contributed by atoms with Gasteiger partial charge in [-0.05, 0) is 30.7 Å². The van der Waals surface area contributed by atoms with E-state index < -0.39 is 10.0 Å². The van der Waals surface area contributed by atoms with Crippen molar-refractivity contribution < 1.29 is 13.2 Å². The zero-order valence-electron chi connectivity index (χ0n) is 10.7. The molecule has 8 heteroatoms.